The summed E-state index contributed by atoms with van der Waals surface area (Å²) in [5.74, 6) is -0.360. The van der Waals surface area contributed by atoms with E-state index < -0.39 is 5.97 Å². The first kappa shape index (κ1) is 16.7. The fraction of sp³-hybridized carbons (Fsp3) is 0.750. The molecule has 1 unspecified atom stereocenters. The number of carbonyl (C=O) groups is 2. The Hall–Kier alpha value is -1.32. The summed E-state index contributed by atoms with van der Waals surface area (Å²) in [5, 5.41) is 8.74. The van der Waals surface area contributed by atoms with Crippen molar-refractivity contribution in [3.8, 4) is 0 Å². The molecular weight excluding hydrogens is 254 g/mol. The molecular formula is C16H27NO3. The van der Waals surface area contributed by atoms with E-state index >= 15 is 0 Å². The fourth-order valence-corrected chi connectivity index (χ4v) is 2.32. The number of rotatable bonds is 4. The van der Waals surface area contributed by atoms with Crippen LogP contribution in [-0.4, -0.2) is 35.0 Å². The second-order valence-electron chi connectivity index (χ2n) is 6.80. The van der Waals surface area contributed by atoms with Gasteiger partial charge in [-0.1, -0.05) is 26.3 Å². The molecule has 1 atom stereocenters. The molecule has 4 heteroatoms. The maximum atomic E-state index is 12.3. The van der Waals surface area contributed by atoms with Crippen molar-refractivity contribution in [2.75, 3.05) is 13.1 Å². The Labute approximate surface area is 121 Å². The first-order valence-corrected chi connectivity index (χ1v) is 7.39. The van der Waals surface area contributed by atoms with Crippen LogP contribution in [0.2, 0.25) is 0 Å². The molecule has 0 aromatic heterocycles. The number of carboxylic acid groups (broad SMARTS) is 1. The summed E-state index contributed by atoms with van der Waals surface area (Å²) in [6, 6.07) is 0. The molecule has 0 radical (unpaired) electrons. The van der Waals surface area contributed by atoms with Crippen LogP contribution in [0.15, 0.2) is 11.6 Å². The van der Waals surface area contributed by atoms with E-state index in [0.29, 0.717) is 18.9 Å². The second kappa shape index (κ2) is 6.91. The number of nitrogens with zero attached hydrogens (tertiary/aromatic N) is 1. The van der Waals surface area contributed by atoms with Crippen LogP contribution in [0, 0.1) is 11.3 Å². The van der Waals surface area contributed by atoms with E-state index in [4.69, 9.17) is 5.11 Å². The summed E-state index contributed by atoms with van der Waals surface area (Å²) in [5.41, 5.74) is 1.09. The van der Waals surface area contributed by atoms with Crippen LogP contribution in [0.3, 0.4) is 0 Å². The van der Waals surface area contributed by atoms with Crippen LogP contribution in [0.25, 0.3) is 0 Å². The van der Waals surface area contributed by atoms with Gasteiger partial charge in [0.15, 0.2) is 0 Å². The first-order valence-electron chi connectivity index (χ1n) is 7.39. The van der Waals surface area contributed by atoms with Crippen LogP contribution in [0.5, 0.6) is 0 Å². The van der Waals surface area contributed by atoms with Crippen LogP contribution in [-0.2, 0) is 9.59 Å². The second-order valence-corrected chi connectivity index (χ2v) is 6.80. The molecule has 0 saturated carbocycles. The molecule has 114 valence electrons. The molecule has 1 aliphatic heterocycles. The molecule has 4 nitrogen and oxygen atoms in total. The third kappa shape index (κ3) is 5.35. The summed E-state index contributed by atoms with van der Waals surface area (Å²) >= 11 is 0. The highest BCUT2D eigenvalue weighted by molar-refractivity contribution is 5.88. The third-order valence-electron chi connectivity index (χ3n) is 4.12. The minimum Gasteiger partial charge on any atom is -0.481 e. The highest BCUT2D eigenvalue weighted by atomic mass is 16.4. The molecule has 0 aliphatic carbocycles. The van der Waals surface area contributed by atoms with Gasteiger partial charge in [0.2, 0.25) is 5.91 Å². The summed E-state index contributed by atoms with van der Waals surface area (Å²) < 4.78 is 0. The summed E-state index contributed by atoms with van der Waals surface area (Å²) in [6.45, 7) is 9.76. The Morgan fingerprint density at radius 1 is 1.35 bits per heavy atom. The molecule has 1 N–H and O–H groups in total. The van der Waals surface area contributed by atoms with E-state index in [2.05, 4.69) is 20.8 Å². The number of hydrogen-bond acceptors (Lipinski definition) is 2. The van der Waals surface area contributed by atoms with E-state index in [-0.39, 0.29) is 17.7 Å². The number of carboxylic acids is 1. The average Bonchev–Trinajstić information content (AvgIpc) is 2.35. The number of hydrogen-bond donors (Lipinski definition) is 1. The predicted octanol–water partition coefficient (Wildman–Crippen LogP) is 3.08. The van der Waals surface area contributed by atoms with Crippen LogP contribution in [0.1, 0.15) is 53.4 Å². The number of likely N-dealkylation sites (tertiary alicyclic amines) is 1. The van der Waals surface area contributed by atoms with Gasteiger partial charge in [0.1, 0.15) is 0 Å². The normalized spacial score (nSPS) is 20.9. The lowest BCUT2D eigenvalue weighted by molar-refractivity contribution is -0.137. The van der Waals surface area contributed by atoms with Crippen molar-refractivity contribution in [1.82, 2.24) is 4.90 Å². The predicted molar refractivity (Wildman–Crippen MR) is 79.4 cm³/mol. The summed E-state index contributed by atoms with van der Waals surface area (Å²) in [6.07, 6.45) is 4.60. The fourth-order valence-electron chi connectivity index (χ4n) is 2.32. The van der Waals surface area contributed by atoms with Gasteiger partial charge >= 0.3 is 5.97 Å². The van der Waals surface area contributed by atoms with Gasteiger partial charge < -0.3 is 10.0 Å². The number of allylic oxidation sites excluding steroid dienone is 1. The monoisotopic (exact) mass is 281 g/mol. The Morgan fingerprint density at radius 2 is 2.00 bits per heavy atom. The topological polar surface area (TPSA) is 57.6 Å². The maximum Gasteiger partial charge on any atom is 0.303 e. The highest BCUT2D eigenvalue weighted by Gasteiger charge is 2.24. The SMILES string of the molecule is CC(=CC(=O)N1CCCC(CCC(=O)O)C1)C(C)(C)C. The van der Waals surface area contributed by atoms with Gasteiger partial charge in [0.25, 0.3) is 0 Å². The largest absolute Gasteiger partial charge is 0.481 e. The van der Waals surface area contributed by atoms with E-state index in [0.717, 1.165) is 25.0 Å². The molecule has 1 fully saturated rings. The Balaban J connectivity index is 2.58. The zero-order valence-electron chi connectivity index (χ0n) is 13.1. The standard InChI is InChI=1S/C16H27NO3/c1-12(16(2,3)4)10-14(18)17-9-5-6-13(11-17)7-8-15(19)20/h10,13H,5-9,11H2,1-4H3,(H,19,20). The zero-order valence-corrected chi connectivity index (χ0v) is 13.1. The van der Waals surface area contributed by atoms with E-state index in [1.165, 1.54) is 0 Å². The van der Waals surface area contributed by atoms with Crippen molar-refractivity contribution in [2.45, 2.75) is 53.4 Å². The maximum absolute atomic E-state index is 12.3. The minimum absolute atomic E-state index is 0.00809. The average molecular weight is 281 g/mol. The zero-order chi connectivity index (χ0) is 15.3. The van der Waals surface area contributed by atoms with E-state index in [1.807, 2.05) is 11.8 Å². The molecule has 1 aliphatic rings. The number of piperidine rings is 1. The lowest BCUT2D eigenvalue weighted by Gasteiger charge is -2.32. The molecule has 0 aromatic carbocycles. The summed E-state index contributed by atoms with van der Waals surface area (Å²) in [7, 11) is 0. The van der Waals surface area contributed by atoms with Gasteiger partial charge in [-0.05, 0) is 37.5 Å². The van der Waals surface area contributed by atoms with Gasteiger partial charge in [0, 0.05) is 25.6 Å². The quantitative estimate of drug-likeness (QED) is 0.806. The highest BCUT2D eigenvalue weighted by Crippen LogP contribution is 2.26. The van der Waals surface area contributed by atoms with Crippen LogP contribution in [0.4, 0.5) is 0 Å². The van der Waals surface area contributed by atoms with Gasteiger partial charge in [-0.3, -0.25) is 9.59 Å². The van der Waals surface area contributed by atoms with Crippen molar-refractivity contribution in [1.29, 1.82) is 0 Å². The smallest absolute Gasteiger partial charge is 0.303 e. The van der Waals surface area contributed by atoms with Crippen LogP contribution >= 0.6 is 0 Å². The van der Waals surface area contributed by atoms with Gasteiger partial charge in [0.05, 0.1) is 0 Å². The molecule has 0 spiro atoms. The lowest BCUT2D eigenvalue weighted by Crippen LogP contribution is -2.39. The molecule has 0 aromatic rings. The molecule has 1 saturated heterocycles. The van der Waals surface area contributed by atoms with Crippen molar-refractivity contribution in [3.63, 3.8) is 0 Å². The Bertz CT molecular complexity index is 393. The van der Waals surface area contributed by atoms with E-state index in [9.17, 15) is 9.59 Å². The summed E-state index contributed by atoms with van der Waals surface area (Å²) in [4.78, 5) is 24.8. The molecule has 1 amide bonds. The van der Waals surface area contributed by atoms with Crippen molar-refractivity contribution in [2.24, 2.45) is 11.3 Å². The van der Waals surface area contributed by atoms with Gasteiger partial charge in [-0.15, -0.1) is 0 Å². The number of carbonyl (C=O) groups excluding carboxylic acids is 1. The molecule has 1 heterocycles. The minimum atomic E-state index is -0.753. The van der Waals surface area contributed by atoms with Crippen molar-refractivity contribution >= 4 is 11.9 Å². The number of aliphatic carboxylic acids is 1. The van der Waals surface area contributed by atoms with Crippen molar-refractivity contribution < 1.29 is 14.7 Å². The van der Waals surface area contributed by atoms with E-state index in [1.54, 1.807) is 6.08 Å². The number of amides is 1. The van der Waals surface area contributed by atoms with Crippen LogP contribution < -0.4 is 0 Å². The van der Waals surface area contributed by atoms with Gasteiger partial charge in [-0.25, -0.2) is 0 Å². The molecule has 0 bridgehead atoms. The first-order chi connectivity index (χ1) is 9.20. The Kier molecular flexibility index (Phi) is 5.78. The third-order valence-corrected chi connectivity index (χ3v) is 4.12. The molecule has 20 heavy (non-hydrogen) atoms. The Morgan fingerprint density at radius 3 is 2.55 bits per heavy atom. The van der Waals surface area contributed by atoms with Crippen molar-refractivity contribution in [3.05, 3.63) is 11.6 Å². The lowest BCUT2D eigenvalue weighted by atomic mass is 9.87. The molecule has 1 rings (SSSR count). The van der Waals surface area contributed by atoms with Gasteiger partial charge in [-0.2, -0.15) is 0 Å².